The van der Waals surface area contributed by atoms with Crippen LogP contribution < -0.4 is 21.3 Å². The fourth-order valence-electron chi connectivity index (χ4n) is 4.58. The fourth-order valence-corrected chi connectivity index (χ4v) is 4.58. The normalized spacial score (nSPS) is 14.7. The summed E-state index contributed by atoms with van der Waals surface area (Å²) in [5.41, 5.74) is 0.316. The van der Waals surface area contributed by atoms with Crippen molar-refractivity contribution in [1.82, 2.24) is 26.3 Å². The van der Waals surface area contributed by atoms with Crippen LogP contribution in [0.2, 0.25) is 0 Å². The number of aliphatic hydroxyl groups is 2. The minimum atomic E-state index is -1.52. The van der Waals surface area contributed by atoms with Gasteiger partial charge in [0.15, 0.2) is 0 Å². The summed E-state index contributed by atoms with van der Waals surface area (Å²) in [7, 11) is 0. The highest BCUT2D eigenvalue weighted by atomic mass is 16.4. The molecule has 0 saturated carbocycles. The molecule has 9 N–H and O–H groups in total. The Balaban J connectivity index is 2.12. The third-order valence-electron chi connectivity index (χ3n) is 7.85. The van der Waals surface area contributed by atoms with Crippen molar-refractivity contribution in [3.63, 3.8) is 0 Å². The Bertz CT molecular complexity index is 1390. The zero-order valence-electron chi connectivity index (χ0n) is 26.5. The number of para-hydroxylation sites is 1. The molecule has 15 heteroatoms. The molecule has 0 spiro atoms. The number of nitrogens with one attached hydrogen (secondary N) is 5. The summed E-state index contributed by atoms with van der Waals surface area (Å²) in [4.78, 5) is 78.0. The minimum absolute atomic E-state index is 0.0820. The van der Waals surface area contributed by atoms with Crippen LogP contribution in [0.15, 0.2) is 30.5 Å². The van der Waals surface area contributed by atoms with Crippen molar-refractivity contribution in [2.75, 3.05) is 13.2 Å². The van der Waals surface area contributed by atoms with Crippen molar-refractivity contribution in [3.8, 4) is 0 Å². The number of rotatable bonds is 19. The lowest BCUT2D eigenvalue weighted by atomic mass is 9.87. The number of aliphatic carboxylic acids is 2. The van der Waals surface area contributed by atoms with Gasteiger partial charge in [-0.2, -0.15) is 0 Å². The van der Waals surface area contributed by atoms with E-state index < -0.39 is 84.2 Å². The molecule has 1 heterocycles. The first-order valence-corrected chi connectivity index (χ1v) is 15.1. The molecule has 1 aromatic carbocycles. The summed E-state index contributed by atoms with van der Waals surface area (Å²) in [6.45, 7) is 5.84. The summed E-state index contributed by atoms with van der Waals surface area (Å²) >= 11 is 0. The van der Waals surface area contributed by atoms with Gasteiger partial charge in [-0.15, -0.1) is 0 Å². The first-order chi connectivity index (χ1) is 21.6. The number of hydrogen-bond acceptors (Lipinski definition) is 8. The predicted octanol–water partition coefficient (Wildman–Crippen LogP) is 0.0460. The van der Waals surface area contributed by atoms with Crippen LogP contribution in [0.3, 0.4) is 0 Å². The standard InChI is InChI=1S/C31H45N5O10/c1-5-17(2)25(36-23(38)12-13-32-29(44)26(41)31(3,4)16-37)28(43)34-21(10-11-24(39)40)27(42)35-22(30(45)46)14-18-15-33-20-9-7-6-8-19(18)20/h6-9,15,17,21-22,25-26,33,37,41H,5,10-14,16H2,1-4H3,(H,32,44)(H,34,43)(H,35,42)(H,36,38)(H,39,40)(H,45,46)/t17-,21-,22+,25-,26?/m0/s1. The van der Waals surface area contributed by atoms with Crippen LogP contribution in [0.5, 0.6) is 0 Å². The Labute approximate surface area is 266 Å². The first kappa shape index (κ1) is 37.7. The zero-order chi connectivity index (χ0) is 34.6. The highest BCUT2D eigenvalue weighted by molar-refractivity contribution is 5.94. The van der Waals surface area contributed by atoms with Crippen molar-refractivity contribution < 1.29 is 49.2 Å². The number of carbonyl (C=O) groups is 6. The first-order valence-electron chi connectivity index (χ1n) is 15.1. The van der Waals surface area contributed by atoms with Crippen LogP contribution in [0.1, 0.15) is 58.9 Å². The SMILES string of the molecule is CC[C@H](C)[C@H](NC(=O)CCNC(=O)C(O)C(C)(C)CO)C(=O)N[C@@H](CCC(=O)O)C(=O)N[C@H](Cc1c[nH]c2ccccc12)C(=O)O. The van der Waals surface area contributed by atoms with E-state index >= 15 is 0 Å². The van der Waals surface area contributed by atoms with Crippen molar-refractivity contribution in [1.29, 1.82) is 0 Å². The topological polar surface area (TPSA) is 247 Å². The number of hydrogen-bond donors (Lipinski definition) is 9. The van der Waals surface area contributed by atoms with E-state index in [2.05, 4.69) is 26.3 Å². The molecule has 0 aliphatic rings. The smallest absolute Gasteiger partial charge is 0.326 e. The van der Waals surface area contributed by atoms with Gasteiger partial charge in [0.05, 0.1) is 6.61 Å². The second kappa shape index (κ2) is 17.3. The Kier molecular flexibility index (Phi) is 14.1. The lowest BCUT2D eigenvalue weighted by Crippen LogP contribution is -2.57. The van der Waals surface area contributed by atoms with Gasteiger partial charge in [0.25, 0.3) is 0 Å². The molecule has 1 aromatic heterocycles. The van der Waals surface area contributed by atoms with Crippen LogP contribution >= 0.6 is 0 Å². The maximum atomic E-state index is 13.4. The molecule has 1 unspecified atom stereocenters. The zero-order valence-corrected chi connectivity index (χ0v) is 26.5. The Morgan fingerprint density at radius 1 is 0.913 bits per heavy atom. The summed E-state index contributed by atoms with van der Waals surface area (Å²) in [5, 5.41) is 49.2. The third kappa shape index (κ3) is 10.8. The van der Waals surface area contributed by atoms with Gasteiger partial charge in [0, 0.05) is 48.3 Å². The third-order valence-corrected chi connectivity index (χ3v) is 7.85. The van der Waals surface area contributed by atoms with Gasteiger partial charge >= 0.3 is 11.9 Å². The molecule has 0 fully saturated rings. The van der Waals surface area contributed by atoms with Crippen LogP contribution in [0.4, 0.5) is 0 Å². The van der Waals surface area contributed by atoms with Crippen molar-refractivity contribution in [3.05, 3.63) is 36.0 Å². The van der Waals surface area contributed by atoms with E-state index in [1.807, 2.05) is 12.1 Å². The summed E-state index contributed by atoms with van der Waals surface area (Å²) in [6, 6.07) is 3.26. The molecule has 4 amide bonds. The molecule has 0 aliphatic heterocycles. The van der Waals surface area contributed by atoms with E-state index in [0.29, 0.717) is 12.0 Å². The largest absolute Gasteiger partial charge is 0.481 e. The van der Waals surface area contributed by atoms with Crippen LogP contribution in [-0.4, -0.2) is 98.4 Å². The van der Waals surface area contributed by atoms with Crippen LogP contribution in [-0.2, 0) is 35.2 Å². The van der Waals surface area contributed by atoms with Gasteiger partial charge in [-0.25, -0.2) is 4.79 Å². The van der Waals surface area contributed by atoms with Crippen LogP contribution in [0.25, 0.3) is 10.9 Å². The monoisotopic (exact) mass is 647 g/mol. The molecule has 2 aromatic rings. The number of aliphatic hydroxyl groups excluding tert-OH is 2. The minimum Gasteiger partial charge on any atom is -0.481 e. The van der Waals surface area contributed by atoms with Gasteiger partial charge < -0.3 is 46.7 Å². The number of fused-ring (bicyclic) bond motifs is 1. The number of carbonyl (C=O) groups excluding carboxylic acids is 4. The maximum Gasteiger partial charge on any atom is 0.326 e. The number of benzene rings is 1. The van der Waals surface area contributed by atoms with E-state index in [1.165, 1.54) is 13.8 Å². The Morgan fingerprint density at radius 3 is 2.17 bits per heavy atom. The molecule has 15 nitrogen and oxygen atoms in total. The molecule has 0 aliphatic carbocycles. The van der Waals surface area contributed by atoms with Crippen molar-refractivity contribution >= 4 is 46.5 Å². The highest BCUT2D eigenvalue weighted by Gasteiger charge is 2.34. The molecule has 2 rings (SSSR count). The molecule has 254 valence electrons. The number of amides is 4. The van der Waals surface area contributed by atoms with Gasteiger partial charge in [-0.1, -0.05) is 52.3 Å². The van der Waals surface area contributed by atoms with E-state index in [4.69, 9.17) is 0 Å². The molecule has 0 bridgehead atoms. The van der Waals surface area contributed by atoms with E-state index in [-0.39, 0.29) is 25.8 Å². The number of aromatic nitrogens is 1. The predicted molar refractivity (Wildman–Crippen MR) is 166 cm³/mol. The second-order valence-electron chi connectivity index (χ2n) is 12.0. The molecular formula is C31H45N5O10. The Hall–Kier alpha value is -4.50. The van der Waals surface area contributed by atoms with Crippen LogP contribution in [0, 0.1) is 11.3 Å². The fraction of sp³-hybridized carbons (Fsp3) is 0.548. The summed E-state index contributed by atoms with van der Waals surface area (Å²) in [6.07, 6.45) is -0.620. The van der Waals surface area contributed by atoms with Gasteiger partial charge in [0.1, 0.15) is 24.2 Å². The summed E-state index contributed by atoms with van der Waals surface area (Å²) in [5.74, 6) is -6.06. The Morgan fingerprint density at radius 2 is 1.57 bits per heavy atom. The quantitative estimate of drug-likeness (QED) is 0.0991. The molecule has 46 heavy (non-hydrogen) atoms. The summed E-state index contributed by atoms with van der Waals surface area (Å²) < 4.78 is 0. The average molecular weight is 648 g/mol. The number of H-pyrrole nitrogens is 1. The van der Waals surface area contributed by atoms with E-state index in [0.717, 1.165) is 10.9 Å². The highest BCUT2D eigenvalue weighted by Crippen LogP contribution is 2.20. The van der Waals surface area contributed by atoms with Crippen molar-refractivity contribution in [2.45, 2.75) is 84.0 Å². The van der Waals surface area contributed by atoms with E-state index in [9.17, 15) is 49.2 Å². The average Bonchev–Trinajstić information content (AvgIpc) is 3.42. The lowest BCUT2D eigenvalue weighted by Gasteiger charge is -2.28. The molecule has 0 saturated heterocycles. The maximum absolute atomic E-state index is 13.4. The van der Waals surface area contributed by atoms with Gasteiger partial charge in [-0.3, -0.25) is 24.0 Å². The van der Waals surface area contributed by atoms with Gasteiger partial charge in [0.2, 0.25) is 23.6 Å². The molecule has 5 atom stereocenters. The number of aromatic amines is 1. The second-order valence-corrected chi connectivity index (χ2v) is 12.0. The number of carboxylic acids is 2. The number of carboxylic acid groups (broad SMARTS) is 2. The van der Waals surface area contributed by atoms with Crippen molar-refractivity contribution in [2.24, 2.45) is 11.3 Å². The van der Waals surface area contributed by atoms with E-state index in [1.54, 1.807) is 32.2 Å². The molecule has 0 radical (unpaired) electrons. The molecular weight excluding hydrogens is 602 g/mol. The lowest BCUT2D eigenvalue weighted by molar-refractivity contribution is -0.143. The van der Waals surface area contributed by atoms with Gasteiger partial charge in [-0.05, 0) is 24.0 Å².